The zero-order valence-corrected chi connectivity index (χ0v) is 50.4. The highest BCUT2D eigenvalue weighted by Crippen LogP contribution is 2.42. The Balaban J connectivity index is 0.000000551. The van der Waals surface area contributed by atoms with E-state index in [0.29, 0.717) is 37.2 Å². The molecule has 0 aromatic heterocycles. The molecular formula is C65H103NO13. The van der Waals surface area contributed by atoms with Gasteiger partial charge in [0.25, 0.3) is 0 Å². The van der Waals surface area contributed by atoms with E-state index in [1.54, 1.807) is 19.1 Å². The van der Waals surface area contributed by atoms with Gasteiger partial charge in [0.1, 0.15) is 17.2 Å². The molecule has 0 amide bonds. The molecule has 4 aromatic carbocycles. The van der Waals surface area contributed by atoms with E-state index in [-0.39, 0.29) is 45.4 Å². The van der Waals surface area contributed by atoms with E-state index < -0.39 is 29.0 Å². The van der Waals surface area contributed by atoms with Gasteiger partial charge in [-0.2, -0.15) is 0 Å². The molecule has 446 valence electrons. The van der Waals surface area contributed by atoms with Gasteiger partial charge < -0.3 is 60.0 Å². The maximum Gasteiger partial charge on any atom is 0.338 e. The summed E-state index contributed by atoms with van der Waals surface area (Å²) in [6, 6.07) is 14.7. The molecule has 0 fully saturated rings. The van der Waals surface area contributed by atoms with Crippen LogP contribution in [-0.2, 0) is 25.1 Å². The predicted octanol–water partition coefficient (Wildman–Crippen LogP) is 16.4. The summed E-state index contributed by atoms with van der Waals surface area (Å²) in [7, 11) is 2.15. The van der Waals surface area contributed by atoms with Gasteiger partial charge in [-0.1, -0.05) is 158 Å². The van der Waals surface area contributed by atoms with Crippen molar-refractivity contribution < 1.29 is 64.7 Å². The number of esters is 2. The van der Waals surface area contributed by atoms with Crippen LogP contribution in [0.4, 0.5) is 5.69 Å². The Morgan fingerprint density at radius 2 is 0.937 bits per heavy atom. The summed E-state index contributed by atoms with van der Waals surface area (Å²) >= 11 is 0. The van der Waals surface area contributed by atoms with E-state index >= 15 is 0 Å². The second kappa shape index (κ2) is 38.4. The molecule has 0 radical (unpaired) electrons. The van der Waals surface area contributed by atoms with Crippen LogP contribution < -0.4 is 9.64 Å². The number of carbonyl (C=O) groups is 2. The number of rotatable bonds is 30. The minimum atomic E-state index is -0.638. The Morgan fingerprint density at radius 3 is 1.46 bits per heavy atom. The second-order valence-corrected chi connectivity index (χ2v) is 22.4. The summed E-state index contributed by atoms with van der Waals surface area (Å²) < 4.78 is 16.3. The molecule has 0 aliphatic rings. The minimum Gasteiger partial charge on any atom is -0.508 e. The first kappa shape index (κ1) is 70.8. The monoisotopic (exact) mass is 1110 g/mol. The topological polar surface area (TPSA) is 227 Å². The zero-order chi connectivity index (χ0) is 59.6. The van der Waals surface area contributed by atoms with Gasteiger partial charge in [0.05, 0.1) is 31.1 Å². The first-order valence-corrected chi connectivity index (χ1v) is 29.2. The highest BCUT2D eigenvalue weighted by atomic mass is 16.5. The molecular weight excluding hydrogens is 1000 g/mol. The number of phenolic OH excluding ortho intramolecular Hbond substituents is 8. The predicted molar refractivity (Wildman–Crippen MR) is 320 cm³/mol. The van der Waals surface area contributed by atoms with Crippen molar-refractivity contribution in [3.63, 3.8) is 0 Å². The lowest BCUT2D eigenvalue weighted by Crippen LogP contribution is -2.19. The Labute approximate surface area is 474 Å². The van der Waals surface area contributed by atoms with Crippen molar-refractivity contribution in [1.29, 1.82) is 0 Å². The van der Waals surface area contributed by atoms with Crippen LogP contribution in [0.3, 0.4) is 0 Å². The number of benzene rings is 4. The molecule has 14 nitrogen and oxygen atoms in total. The van der Waals surface area contributed by atoms with Crippen LogP contribution in [0.1, 0.15) is 230 Å². The summed E-state index contributed by atoms with van der Waals surface area (Å²) in [5.74, 6) is -2.12. The third-order valence-electron chi connectivity index (χ3n) is 13.5. The second-order valence-electron chi connectivity index (χ2n) is 22.4. The van der Waals surface area contributed by atoms with Crippen LogP contribution in [0.5, 0.6) is 51.7 Å². The molecule has 8 N–H and O–H groups in total. The van der Waals surface area contributed by atoms with Crippen molar-refractivity contribution in [3.8, 4) is 51.7 Å². The average Bonchev–Trinajstić information content (AvgIpc) is 3.39. The first-order valence-electron chi connectivity index (χ1n) is 29.2. The summed E-state index contributed by atoms with van der Waals surface area (Å²) in [6.07, 6.45) is 23.0. The van der Waals surface area contributed by atoms with E-state index in [0.717, 1.165) is 81.5 Å². The summed E-state index contributed by atoms with van der Waals surface area (Å²) in [5.41, 5.74) is 4.08. The van der Waals surface area contributed by atoms with Gasteiger partial charge in [0.2, 0.25) is 0 Å². The fourth-order valence-electron chi connectivity index (χ4n) is 8.51. The number of unbranched alkanes of at least 4 members (excludes halogenated alkanes) is 14. The number of phenols is 8. The van der Waals surface area contributed by atoms with E-state index in [1.807, 2.05) is 34.6 Å². The molecule has 0 unspecified atom stereocenters. The van der Waals surface area contributed by atoms with Gasteiger partial charge in [-0.15, -0.1) is 0 Å². The fraction of sp³-hybridized carbons (Fsp3) is 0.600. The molecule has 79 heavy (non-hydrogen) atoms. The van der Waals surface area contributed by atoms with Crippen LogP contribution in [0, 0.1) is 13.8 Å². The lowest BCUT2D eigenvalue weighted by molar-refractivity contribution is -0.143. The maximum absolute atomic E-state index is 11.9. The highest BCUT2D eigenvalue weighted by Gasteiger charge is 2.28. The van der Waals surface area contributed by atoms with Crippen molar-refractivity contribution in [2.75, 3.05) is 38.3 Å². The number of nitrogens with zero attached hydrogens (tertiary/aromatic N) is 1. The lowest BCUT2D eigenvalue weighted by atomic mass is 9.77. The van der Waals surface area contributed by atoms with E-state index in [4.69, 9.17) is 29.5 Å². The number of aryl methyl sites for hydroxylation is 2. The SMILES string of the molecule is CCCCCCCCCCCCOC(=O)c1cc(O)c(O)c(O)c1.CCCCCCOC(=O)CCCC(C)(C)c1cc(O)c(C(C)(C)C)cc1O.CCCCOc1ccc(C)cc1N(C)CCCC.Cc1cc(O)c(O)c(O)c1. The van der Waals surface area contributed by atoms with Crippen molar-refractivity contribution >= 4 is 17.6 Å². The van der Waals surface area contributed by atoms with Crippen LogP contribution in [0.15, 0.2) is 54.6 Å². The van der Waals surface area contributed by atoms with Crippen LogP contribution in [0.25, 0.3) is 0 Å². The standard InChI is InChI=1S/C23H38O4.C19H30O5.C16H27NO.C7H8O3/c1-7-8-9-10-14-27-21(26)12-11-13-23(5,6)18-16-19(24)17(15-20(18)25)22(2,3)4;1-2-3-4-5-6-7-8-9-10-11-12-24-19(23)15-13-16(20)18(22)17(21)14-15;1-5-7-11-17(4)15-13-14(3)9-10-16(15)18-12-8-6-2;1-4-2-5(8)7(10)6(9)3-4/h15-16,24-25H,7-14H2,1-6H3;13-14,20-22H,2-12H2,1H3;9-10,13H,5-8,11-12H2,1-4H3;2-3,8-10H,1H3. The number of ether oxygens (including phenoxy) is 3. The highest BCUT2D eigenvalue weighted by molar-refractivity contribution is 5.91. The number of hydrogen-bond acceptors (Lipinski definition) is 14. The zero-order valence-electron chi connectivity index (χ0n) is 50.4. The Bertz CT molecular complexity index is 2310. The normalized spacial score (nSPS) is 11.0. The van der Waals surface area contributed by atoms with Crippen LogP contribution in [-0.4, -0.2) is 86.2 Å². The molecule has 14 heteroatoms. The summed E-state index contributed by atoms with van der Waals surface area (Å²) in [6.45, 7) is 25.4. The molecule has 0 bridgehead atoms. The van der Waals surface area contributed by atoms with E-state index in [2.05, 4.69) is 64.8 Å². The third-order valence-corrected chi connectivity index (χ3v) is 13.5. The minimum absolute atomic E-state index is 0.0230. The quantitative estimate of drug-likeness (QED) is 0.0105. The molecule has 0 atom stereocenters. The average molecular weight is 1110 g/mol. The molecule has 0 saturated heterocycles. The number of anilines is 1. The van der Waals surface area contributed by atoms with Gasteiger partial charge in [0.15, 0.2) is 34.5 Å². The van der Waals surface area contributed by atoms with Gasteiger partial charge in [-0.05, 0) is 123 Å². The lowest BCUT2D eigenvalue weighted by Gasteiger charge is -2.29. The Kier molecular flexibility index (Phi) is 34.5. The van der Waals surface area contributed by atoms with Crippen molar-refractivity contribution in [3.05, 3.63) is 82.4 Å². The van der Waals surface area contributed by atoms with Gasteiger partial charge in [-0.3, -0.25) is 4.79 Å². The molecule has 0 aliphatic carbocycles. The van der Waals surface area contributed by atoms with Gasteiger partial charge in [0, 0.05) is 31.1 Å². The molecule has 0 heterocycles. The first-order chi connectivity index (χ1) is 37.3. The number of hydrogen-bond donors (Lipinski definition) is 8. The van der Waals surface area contributed by atoms with Crippen molar-refractivity contribution in [1.82, 2.24) is 0 Å². The summed E-state index contributed by atoms with van der Waals surface area (Å²) in [5, 5.41) is 75.5. The Morgan fingerprint density at radius 1 is 0.481 bits per heavy atom. The maximum atomic E-state index is 11.9. The fourth-order valence-corrected chi connectivity index (χ4v) is 8.51. The van der Waals surface area contributed by atoms with Gasteiger partial charge >= 0.3 is 11.9 Å². The molecule has 0 saturated carbocycles. The number of carbonyl (C=O) groups excluding carboxylic acids is 2. The van der Waals surface area contributed by atoms with Gasteiger partial charge in [-0.25, -0.2) is 4.79 Å². The smallest absolute Gasteiger partial charge is 0.338 e. The largest absolute Gasteiger partial charge is 0.508 e. The van der Waals surface area contributed by atoms with Crippen LogP contribution in [0.2, 0.25) is 0 Å². The van der Waals surface area contributed by atoms with Crippen molar-refractivity contribution in [2.45, 2.75) is 222 Å². The summed E-state index contributed by atoms with van der Waals surface area (Å²) in [4.78, 5) is 26.0. The van der Waals surface area contributed by atoms with Crippen molar-refractivity contribution in [2.24, 2.45) is 0 Å². The van der Waals surface area contributed by atoms with E-state index in [1.165, 1.54) is 100 Å². The third kappa shape index (κ3) is 28.5. The van der Waals surface area contributed by atoms with Crippen LogP contribution >= 0.6 is 0 Å². The molecule has 0 aliphatic heterocycles. The molecule has 4 rings (SSSR count). The Hall–Kier alpha value is -6.18. The molecule has 0 spiro atoms. The van der Waals surface area contributed by atoms with E-state index in [9.17, 15) is 35.1 Å². The molecule has 4 aromatic rings. The number of aromatic hydroxyl groups is 8.